The van der Waals surface area contributed by atoms with Crippen molar-refractivity contribution in [3.8, 4) is 5.75 Å². The first-order chi connectivity index (χ1) is 9.63. The first-order valence-corrected chi connectivity index (χ1v) is 7.17. The van der Waals surface area contributed by atoms with Gasteiger partial charge in [-0.25, -0.2) is 4.98 Å². The van der Waals surface area contributed by atoms with Gasteiger partial charge in [0.2, 0.25) is 0 Å². The molecule has 7 heteroatoms. The second kappa shape index (κ2) is 7.12. The molecule has 1 aromatic carbocycles. The van der Waals surface area contributed by atoms with Crippen LogP contribution in [0.2, 0.25) is 5.02 Å². The van der Waals surface area contributed by atoms with E-state index in [1.54, 1.807) is 29.6 Å². The molecule has 1 aromatic heterocycles. The van der Waals surface area contributed by atoms with Crippen LogP contribution in [-0.2, 0) is 11.2 Å². The number of nitrogens with zero attached hydrogens (tertiary/aromatic N) is 1. The van der Waals surface area contributed by atoms with Gasteiger partial charge in [0.25, 0.3) is 0 Å². The lowest BCUT2D eigenvalue weighted by atomic mass is 10.3. The average Bonchev–Trinajstić information content (AvgIpc) is 2.83. The van der Waals surface area contributed by atoms with Crippen molar-refractivity contribution in [1.29, 1.82) is 0 Å². The van der Waals surface area contributed by atoms with E-state index in [0.29, 0.717) is 29.0 Å². The molecule has 5 nitrogen and oxygen atoms in total. The topological polar surface area (TPSA) is 71.5 Å². The molecule has 0 saturated heterocycles. The quantitative estimate of drug-likeness (QED) is 0.769. The van der Waals surface area contributed by atoms with Crippen molar-refractivity contribution in [1.82, 2.24) is 4.98 Å². The lowest BCUT2D eigenvalue weighted by Crippen LogP contribution is -2.11. The van der Waals surface area contributed by atoms with Crippen LogP contribution in [0.3, 0.4) is 0 Å². The summed E-state index contributed by atoms with van der Waals surface area (Å²) < 4.78 is 5.52. The maximum Gasteiger partial charge on any atom is 0.309 e. The summed E-state index contributed by atoms with van der Waals surface area (Å²) in [6, 6.07) is 7.14. The number of ether oxygens (including phenoxy) is 1. The molecule has 2 N–H and O–H groups in total. The first kappa shape index (κ1) is 14.6. The number of hydrogen-bond acceptors (Lipinski definition) is 5. The molecule has 0 saturated carbocycles. The van der Waals surface area contributed by atoms with Crippen LogP contribution in [0.25, 0.3) is 0 Å². The molecule has 2 rings (SSSR count). The number of thiazole rings is 1. The maximum absolute atomic E-state index is 10.5. The molecule has 2 aromatic rings. The molecule has 0 aliphatic rings. The van der Waals surface area contributed by atoms with Crippen LogP contribution < -0.4 is 10.1 Å². The third-order valence-corrected chi connectivity index (χ3v) is 3.45. The third kappa shape index (κ3) is 4.71. The molecule has 0 unspecified atom stereocenters. The SMILES string of the molecule is O=C(O)Cc1csc(NCCOc2ccc(Cl)cc2)n1. The van der Waals surface area contributed by atoms with Crippen LogP contribution in [0.1, 0.15) is 5.69 Å². The normalized spacial score (nSPS) is 10.2. The summed E-state index contributed by atoms with van der Waals surface area (Å²) in [6.07, 6.45) is -0.0561. The summed E-state index contributed by atoms with van der Waals surface area (Å²) in [4.78, 5) is 14.7. The summed E-state index contributed by atoms with van der Waals surface area (Å²) in [5, 5.41) is 14.8. The Hall–Kier alpha value is -1.79. The Morgan fingerprint density at radius 1 is 1.40 bits per heavy atom. The molecule has 106 valence electrons. The highest BCUT2D eigenvalue weighted by atomic mass is 35.5. The van der Waals surface area contributed by atoms with E-state index < -0.39 is 5.97 Å². The number of carboxylic acid groups (broad SMARTS) is 1. The smallest absolute Gasteiger partial charge is 0.309 e. The second-order valence-electron chi connectivity index (χ2n) is 3.94. The van der Waals surface area contributed by atoms with Crippen molar-refractivity contribution in [2.75, 3.05) is 18.5 Å². The van der Waals surface area contributed by atoms with Gasteiger partial charge in [0.05, 0.1) is 18.7 Å². The number of carboxylic acids is 1. The lowest BCUT2D eigenvalue weighted by Gasteiger charge is -2.06. The van der Waals surface area contributed by atoms with Crippen LogP contribution in [0.4, 0.5) is 5.13 Å². The van der Waals surface area contributed by atoms with Gasteiger partial charge in [0.1, 0.15) is 12.4 Å². The van der Waals surface area contributed by atoms with Crippen LogP contribution in [0.5, 0.6) is 5.75 Å². The minimum absolute atomic E-state index is 0.0561. The molecule has 0 aliphatic carbocycles. The van der Waals surface area contributed by atoms with E-state index in [0.717, 1.165) is 5.75 Å². The number of carbonyl (C=O) groups is 1. The molecule has 0 fully saturated rings. The fraction of sp³-hybridized carbons (Fsp3) is 0.231. The highest BCUT2D eigenvalue weighted by Crippen LogP contribution is 2.17. The van der Waals surface area contributed by atoms with Crippen molar-refractivity contribution in [2.24, 2.45) is 0 Å². The van der Waals surface area contributed by atoms with Crippen molar-refractivity contribution in [2.45, 2.75) is 6.42 Å². The fourth-order valence-electron chi connectivity index (χ4n) is 1.48. The van der Waals surface area contributed by atoms with Crippen molar-refractivity contribution in [3.63, 3.8) is 0 Å². The molecule has 0 aliphatic heterocycles. The Morgan fingerprint density at radius 2 is 2.15 bits per heavy atom. The van der Waals surface area contributed by atoms with Crippen molar-refractivity contribution >= 4 is 34.0 Å². The molecule has 0 amide bonds. The zero-order valence-corrected chi connectivity index (χ0v) is 12.1. The van der Waals surface area contributed by atoms with Gasteiger partial charge in [0.15, 0.2) is 5.13 Å². The zero-order valence-electron chi connectivity index (χ0n) is 10.5. The number of halogens is 1. The molecule has 0 spiro atoms. The van der Waals surface area contributed by atoms with E-state index in [1.165, 1.54) is 11.3 Å². The fourth-order valence-corrected chi connectivity index (χ4v) is 2.35. The molecule has 0 bridgehead atoms. The van der Waals surface area contributed by atoms with Gasteiger partial charge in [-0.05, 0) is 24.3 Å². The Bertz CT molecular complexity index is 571. The standard InChI is InChI=1S/C13H13ClN2O3S/c14-9-1-3-11(4-2-9)19-6-5-15-13-16-10(8-20-13)7-12(17)18/h1-4,8H,5-7H2,(H,15,16)(H,17,18). The van der Waals surface area contributed by atoms with E-state index in [-0.39, 0.29) is 6.42 Å². The number of aliphatic carboxylic acids is 1. The number of hydrogen-bond donors (Lipinski definition) is 2. The predicted molar refractivity (Wildman–Crippen MR) is 78.9 cm³/mol. The minimum Gasteiger partial charge on any atom is -0.492 e. The van der Waals surface area contributed by atoms with Gasteiger partial charge in [-0.15, -0.1) is 11.3 Å². The number of rotatable bonds is 7. The summed E-state index contributed by atoms with van der Waals surface area (Å²) in [7, 11) is 0. The van der Waals surface area contributed by atoms with Crippen LogP contribution in [0.15, 0.2) is 29.6 Å². The number of benzene rings is 1. The van der Waals surface area contributed by atoms with E-state index in [1.807, 2.05) is 0 Å². The molecular formula is C13H13ClN2O3S. The Labute approximate surface area is 125 Å². The van der Waals surface area contributed by atoms with Gasteiger partial charge in [-0.3, -0.25) is 4.79 Å². The largest absolute Gasteiger partial charge is 0.492 e. The van der Waals surface area contributed by atoms with E-state index >= 15 is 0 Å². The molecule has 0 atom stereocenters. The van der Waals surface area contributed by atoms with Gasteiger partial charge in [0, 0.05) is 10.4 Å². The number of anilines is 1. The van der Waals surface area contributed by atoms with Crippen LogP contribution >= 0.6 is 22.9 Å². The van der Waals surface area contributed by atoms with E-state index in [9.17, 15) is 4.79 Å². The highest BCUT2D eigenvalue weighted by Gasteiger charge is 2.05. The molecular weight excluding hydrogens is 300 g/mol. The van der Waals surface area contributed by atoms with Crippen molar-refractivity contribution in [3.05, 3.63) is 40.4 Å². The minimum atomic E-state index is -0.882. The van der Waals surface area contributed by atoms with E-state index in [2.05, 4.69) is 10.3 Å². The van der Waals surface area contributed by atoms with Gasteiger partial charge < -0.3 is 15.2 Å². The van der Waals surface area contributed by atoms with E-state index in [4.69, 9.17) is 21.4 Å². The second-order valence-corrected chi connectivity index (χ2v) is 5.24. The molecule has 0 radical (unpaired) electrons. The maximum atomic E-state index is 10.5. The van der Waals surface area contributed by atoms with Crippen LogP contribution in [-0.4, -0.2) is 29.2 Å². The van der Waals surface area contributed by atoms with Gasteiger partial charge in [-0.1, -0.05) is 11.6 Å². The summed E-state index contributed by atoms with van der Waals surface area (Å²) in [6.45, 7) is 1.07. The summed E-state index contributed by atoms with van der Waals surface area (Å²) >= 11 is 7.16. The average molecular weight is 313 g/mol. The summed E-state index contributed by atoms with van der Waals surface area (Å²) in [5.41, 5.74) is 0.559. The van der Waals surface area contributed by atoms with Crippen LogP contribution in [0, 0.1) is 0 Å². The number of nitrogens with one attached hydrogen (secondary N) is 1. The zero-order chi connectivity index (χ0) is 14.4. The Kier molecular flexibility index (Phi) is 5.20. The molecule has 20 heavy (non-hydrogen) atoms. The van der Waals surface area contributed by atoms with Gasteiger partial charge >= 0.3 is 5.97 Å². The third-order valence-electron chi connectivity index (χ3n) is 2.34. The monoisotopic (exact) mass is 312 g/mol. The van der Waals surface area contributed by atoms with Gasteiger partial charge in [-0.2, -0.15) is 0 Å². The lowest BCUT2D eigenvalue weighted by molar-refractivity contribution is -0.136. The van der Waals surface area contributed by atoms with Crippen molar-refractivity contribution < 1.29 is 14.6 Å². The Morgan fingerprint density at radius 3 is 2.85 bits per heavy atom. The first-order valence-electron chi connectivity index (χ1n) is 5.92. The highest BCUT2D eigenvalue weighted by molar-refractivity contribution is 7.13. The Balaban J connectivity index is 1.71. The number of aromatic nitrogens is 1. The predicted octanol–water partition coefficient (Wildman–Crippen LogP) is 2.91. The molecule has 1 heterocycles. The summed E-state index contributed by atoms with van der Waals surface area (Å²) in [5.74, 6) is -0.130.